The van der Waals surface area contributed by atoms with E-state index in [2.05, 4.69) is 12.2 Å². The number of amides is 2. The van der Waals surface area contributed by atoms with Gasteiger partial charge in [-0.3, -0.25) is 9.59 Å². The first-order valence-corrected chi connectivity index (χ1v) is 9.68. The molecule has 3 rings (SSSR count). The molecule has 1 heterocycles. The van der Waals surface area contributed by atoms with E-state index in [0.29, 0.717) is 6.54 Å². The first-order valence-electron chi connectivity index (χ1n) is 8.45. The molecular weight excluding hydrogens is 332 g/mol. The molecule has 1 fully saturated rings. The van der Waals surface area contributed by atoms with Gasteiger partial charge in [0.15, 0.2) is 0 Å². The van der Waals surface area contributed by atoms with Crippen molar-refractivity contribution in [1.82, 2.24) is 0 Å². The van der Waals surface area contributed by atoms with Gasteiger partial charge in [-0.2, -0.15) is 0 Å². The molecule has 0 spiro atoms. The van der Waals surface area contributed by atoms with Crippen LogP contribution in [0.1, 0.15) is 18.9 Å². The summed E-state index contributed by atoms with van der Waals surface area (Å²) in [6.45, 7) is 2.49. The zero-order valence-electron chi connectivity index (χ0n) is 14.5. The number of anilines is 2. The van der Waals surface area contributed by atoms with Crippen LogP contribution < -0.4 is 10.2 Å². The van der Waals surface area contributed by atoms with Crippen LogP contribution in [0.25, 0.3) is 0 Å². The van der Waals surface area contributed by atoms with Gasteiger partial charge in [-0.1, -0.05) is 25.1 Å². The molecule has 2 aromatic carbocycles. The summed E-state index contributed by atoms with van der Waals surface area (Å²) in [7, 11) is 0. The number of para-hydroxylation sites is 1. The van der Waals surface area contributed by atoms with Crippen molar-refractivity contribution >= 4 is 35.0 Å². The summed E-state index contributed by atoms with van der Waals surface area (Å²) in [6.07, 6.45) is 3.13. The van der Waals surface area contributed by atoms with E-state index in [0.717, 1.165) is 28.3 Å². The highest BCUT2D eigenvalue weighted by molar-refractivity contribution is 7.98. The molecule has 5 heteroatoms. The smallest absolute Gasteiger partial charge is 0.229 e. The summed E-state index contributed by atoms with van der Waals surface area (Å²) >= 11 is 1.66. The topological polar surface area (TPSA) is 49.4 Å². The van der Waals surface area contributed by atoms with Gasteiger partial charge in [-0.25, -0.2) is 0 Å². The highest BCUT2D eigenvalue weighted by Crippen LogP contribution is 2.28. The molecule has 1 saturated heterocycles. The second kappa shape index (κ2) is 7.74. The summed E-state index contributed by atoms with van der Waals surface area (Å²) < 4.78 is 0. The molecule has 4 nitrogen and oxygen atoms in total. The van der Waals surface area contributed by atoms with Crippen LogP contribution in [0, 0.1) is 5.92 Å². The van der Waals surface area contributed by atoms with Gasteiger partial charge in [0.05, 0.1) is 5.92 Å². The number of carbonyl (C=O) groups is 2. The number of hydrogen-bond acceptors (Lipinski definition) is 3. The van der Waals surface area contributed by atoms with Gasteiger partial charge in [0.25, 0.3) is 0 Å². The van der Waals surface area contributed by atoms with E-state index in [4.69, 9.17) is 0 Å². The molecule has 1 aliphatic heterocycles. The van der Waals surface area contributed by atoms with E-state index in [1.165, 1.54) is 0 Å². The normalized spacial score (nSPS) is 17.0. The molecule has 0 saturated carbocycles. The van der Waals surface area contributed by atoms with Crippen molar-refractivity contribution in [3.8, 4) is 0 Å². The standard InChI is InChI=1S/C20H22N2O2S/c1-3-14-6-4-5-7-18(14)21-20(24)15-12-19(23)22(13-15)16-8-10-17(25-2)11-9-16/h4-11,15H,3,12-13H2,1-2H3,(H,21,24). The molecular formula is C20H22N2O2S. The van der Waals surface area contributed by atoms with Crippen LogP contribution in [0.15, 0.2) is 53.4 Å². The van der Waals surface area contributed by atoms with Crippen LogP contribution in [0.4, 0.5) is 11.4 Å². The average molecular weight is 354 g/mol. The largest absolute Gasteiger partial charge is 0.326 e. The van der Waals surface area contributed by atoms with E-state index in [9.17, 15) is 9.59 Å². The third-order valence-electron chi connectivity index (χ3n) is 4.54. The SMILES string of the molecule is CCc1ccccc1NC(=O)C1CC(=O)N(c2ccc(SC)cc2)C1. The van der Waals surface area contributed by atoms with Gasteiger partial charge in [-0.05, 0) is 48.6 Å². The Balaban J connectivity index is 1.70. The lowest BCUT2D eigenvalue weighted by Gasteiger charge is -2.17. The fourth-order valence-electron chi connectivity index (χ4n) is 3.08. The van der Waals surface area contributed by atoms with Gasteiger partial charge in [0, 0.05) is 29.2 Å². The Labute approximate surface area is 152 Å². The lowest BCUT2D eigenvalue weighted by molar-refractivity contribution is -0.122. The fraction of sp³-hybridized carbons (Fsp3) is 0.300. The number of nitrogens with zero attached hydrogens (tertiary/aromatic N) is 1. The van der Waals surface area contributed by atoms with Gasteiger partial charge in [0.1, 0.15) is 0 Å². The Morgan fingerprint density at radius 2 is 1.92 bits per heavy atom. The molecule has 2 amide bonds. The Morgan fingerprint density at radius 3 is 2.60 bits per heavy atom. The lowest BCUT2D eigenvalue weighted by atomic mass is 10.1. The number of aryl methyl sites for hydroxylation is 1. The summed E-state index contributed by atoms with van der Waals surface area (Å²) in [5.41, 5.74) is 2.79. The molecule has 1 atom stereocenters. The fourth-order valence-corrected chi connectivity index (χ4v) is 3.49. The molecule has 25 heavy (non-hydrogen) atoms. The predicted molar refractivity (Wildman–Crippen MR) is 103 cm³/mol. The maximum atomic E-state index is 12.6. The number of benzene rings is 2. The van der Waals surface area contributed by atoms with Crippen molar-refractivity contribution in [2.75, 3.05) is 23.0 Å². The number of thioether (sulfide) groups is 1. The average Bonchev–Trinajstić information content (AvgIpc) is 3.04. The van der Waals surface area contributed by atoms with Crippen LogP contribution >= 0.6 is 11.8 Å². The molecule has 0 aromatic heterocycles. The van der Waals surface area contributed by atoms with Crippen molar-refractivity contribution < 1.29 is 9.59 Å². The second-order valence-corrected chi connectivity index (χ2v) is 6.98. The molecule has 1 unspecified atom stereocenters. The minimum atomic E-state index is -0.322. The van der Waals surface area contributed by atoms with Crippen LogP contribution in [-0.4, -0.2) is 24.6 Å². The Bertz CT molecular complexity index is 774. The number of rotatable bonds is 5. The van der Waals surface area contributed by atoms with Crippen LogP contribution in [0.3, 0.4) is 0 Å². The first kappa shape index (κ1) is 17.5. The lowest BCUT2D eigenvalue weighted by Crippen LogP contribution is -2.28. The van der Waals surface area contributed by atoms with Gasteiger partial charge in [0.2, 0.25) is 11.8 Å². The summed E-state index contributed by atoms with van der Waals surface area (Å²) in [5.74, 6) is -0.407. The van der Waals surface area contributed by atoms with Crippen molar-refractivity contribution in [2.24, 2.45) is 5.92 Å². The quantitative estimate of drug-likeness (QED) is 0.827. The highest BCUT2D eigenvalue weighted by Gasteiger charge is 2.35. The number of nitrogens with one attached hydrogen (secondary N) is 1. The van der Waals surface area contributed by atoms with E-state index in [1.807, 2.05) is 54.8 Å². The first-order chi connectivity index (χ1) is 12.1. The van der Waals surface area contributed by atoms with E-state index >= 15 is 0 Å². The molecule has 130 valence electrons. The van der Waals surface area contributed by atoms with Crippen molar-refractivity contribution in [1.29, 1.82) is 0 Å². The maximum Gasteiger partial charge on any atom is 0.229 e. The summed E-state index contributed by atoms with van der Waals surface area (Å²) in [4.78, 5) is 27.8. The van der Waals surface area contributed by atoms with Crippen molar-refractivity contribution in [2.45, 2.75) is 24.7 Å². The maximum absolute atomic E-state index is 12.6. The monoisotopic (exact) mass is 354 g/mol. The zero-order valence-corrected chi connectivity index (χ0v) is 15.3. The molecule has 1 aliphatic rings. The molecule has 1 N–H and O–H groups in total. The Kier molecular flexibility index (Phi) is 5.43. The Morgan fingerprint density at radius 1 is 1.20 bits per heavy atom. The summed E-state index contributed by atoms with van der Waals surface area (Å²) in [5, 5.41) is 2.99. The van der Waals surface area contributed by atoms with Crippen LogP contribution in [0.5, 0.6) is 0 Å². The zero-order chi connectivity index (χ0) is 17.8. The predicted octanol–water partition coefficient (Wildman–Crippen LogP) is 3.96. The van der Waals surface area contributed by atoms with Crippen molar-refractivity contribution in [3.63, 3.8) is 0 Å². The van der Waals surface area contributed by atoms with E-state index < -0.39 is 0 Å². The third kappa shape index (κ3) is 3.87. The molecule has 0 bridgehead atoms. The van der Waals surface area contributed by atoms with Crippen LogP contribution in [0.2, 0.25) is 0 Å². The van der Waals surface area contributed by atoms with Gasteiger partial charge in [-0.15, -0.1) is 11.8 Å². The number of hydrogen-bond donors (Lipinski definition) is 1. The van der Waals surface area contributed by atoms with E-state index in [1.54, 1.807) is 16.7 Å². The molecule has 0 radical (unpaired) electrons. The summed E-state index contributed by atoms with van der Waals surface area (Å²) in [6, 6.07) is 15.7. The van der Waals surface area contributed by atoms with Crippen molar-refractivity contribution in [3.05, 3.63) is 54.1 Å². The van der Waals surface area contributed by atoms with Gasteiger partial charge < -0.3 is 10.2 Å². The van der Waals surface area contributed by atoms with Gasteiger partial charge >= 0.3 is 0 Å². The Hall–Kier alpha value is -2.27. The third-order valence-corrected chi connectivity index (χ3v) is 5.28. The van der Waals surface area contributed by atoms with Crippen LogP contribution in [-0.2, 0) is 16.0 Å². The van der Waals surface area contributed by atoms with E-state index in [-0.39, 0.29) is 24.2 Å². The minimum absolute atomic E-state index is 0.000767. The minimum Gasteiger partial charge on any atom is -0.326 e. The number of carbonyl (C=O) groups excluding carboxylic acids is 2. The molecule has 2 aromatic rings. The molecule has 0 aliphatic carbocycles. The second-order valence-electron chi connectivity index (χ2n) is 6.10. The highest BCUT2D eigenvalue weighted by atomic mass is 32.2.